The third kappa shape index (κ3) is 4.28. The van der Waals surface area contributed by atoms with Crippen LogP contribution in [0.2, 0.25) is 0 Å². The van der Waals surface area contributed by atoms with Gasteiger partial charge in [0.05, 0.1) is 11.7 Å². The first kappa shape index (κ1) is 22.5. The van der Waals surface area contributed by atoms with E-state index in [0.29, 0.717) is 0 Å². The van der Waals surface area contributed by atoms with Gasteiger partial charge in [-0.15, -0.1) is 0 Å². The first-order chi connectivity index (χ1) is 17.1. The van der Waals surface area contributed by atoms with Gasteiger partial charge in [-0.2, -0.15) is 5.10 Å². The maximum Gasteiger partial charge on any atom is 0.241 e. The monoisotopic (exact) mass is 474 g/mol. The Morgan fingerprint density at radius 3 is 2.77 bits per heavy atom. The number of fused-ring (bicyclic) bond motifs is 1. The lowest BCUT2D eigenvalue weighted by Crippen LogP contribution is -2.48. The summed E-state index contributed by atoms with van der Waals surface area (Å²) in [5, 5.41) is 4.88. The van der Waals surface area contributed by atoms with Gasteiger partial charge in [-0.1, -0.05) is 30.3 Å². The van der Waals surface area contributed by atoms with Gasteiger partial charge in [0.15, 0.2) is 5.65 Å². The van der Waals surface area contributed by atoms with Crippen LogP contribution in [0.25, 0.3) is 5.65 Å². The van der Waals surface area contributed by atoms with Crippen molar-refractivity contribution >= 4 is 17.4 Å². The molecule has 0 saturated carbocycles. The molecule has 3 aromatic rings. The van der Waals surface area contributed by atoms with Crippen LogP contribution >= 0.6 is 0 Å². The van der Waals surface area contributed by atoms with Crippen molar-refractivity contribution in [1.29, 1.82) is 0 Å². The van der Waals surface area contributed by atoms with Crippen LogP contribution in [0.4, 0.5) is 5.82 Å². The zero-order chi connectivity index (χ0) is 23.9. The SMILES string of the molecule is Cc1cn2nc([C@@H]3CCCCN3C(=O)C3CC(c4ccccc4)NN3)cc2nc1N1CC[C@H](N)C1. The molecule has 4 N–H and O–H groups in total. The number of hydrazine groups is 1. The van der Waals surface area contributed by atoms with Crippen molar-refractivity contribution in [2.45, 2.75) is 63.2 Å². The maximum atomic E-state index is 13.6. The number of nitrogens with one attached hydrogen (secondary N) is 2. The Bertz CT molecular complexity index is 1210. The van der Waals surface area contributed by atoms with E-state index in [1.807, 2.05) is 33.8 Å². The van der Waals surface area contributed by atoms with E-state index in [2.05, 4.69) is 40.9 Å². The summed E-state index contributed by atoms with van der Waals surface area (Å²) in [6.45, 7) is 4.60. The topological polar surface area (TPSA) is 104 Å². The molecule has 1 amide bonds. The lowest BCUT2D eigenvalue weighted by Gasteiger charge is -2.36. The highest BCUT2D eigenvalue weighted by Gasteiger charge is 2.37. The molecular weight excluding hydrogens is 440 g/mol. The van der Waals surface area contributed by atoms with E-state index in [1.54, 1.807) is 0 Å². The van der Waals surface area contributed by atoms with Gasteiger partial charge in [-0.25, -0.2) is 20.4 Å². The lowest BCUT2D eigenvalue weighted by atomic mass is 9.96. The Labute approximate surface area is 205 Å². The lowest BCUT2D eigenvalue weighted by molar-refractivity contribution is -0.137. The first-order valence-electron chi connectivity index (χ1n) is 12.8. The van der Waals surface area contributed by atoms with E-state index in [1.165, 1.54) is 5.56 Å². The minimum atomic E-state index is -0.246. The van der Waals surface area contributed by atoms with Crippen molar-refractivity contribution < 1.29 is 4.79 Å². The first-order valence-corrected chi connectivity index (χ1v) is 12.8. The van der Waals surface area contributed by atoms with Crippen molar-refractivity contribution in [3.8, 4) is 0 Å². The van der Waals surface area contributed by atoms with Crippen LogP contribution in [0.5, 0.6) is 0 Å². The molecule has 6 rings (SSSR count). The van der Waals surface area contributed by atoms with E-state index < -0.39 is 0 Å². The maximum absolute atomic E-state index is 13.6. The smallest absolute Gasteiger partial charge is 0.241 e. The number of hydrogen-bond donors (Lipinski definition) is 3. The van der Waals surface area contributed by atoms with Crippen molar-refractivity contribution in [1.82, 2.24) is 30.3 Å². The molecule has 35 heavy (non-hydrogen) atoms. The highest BCUT2D eigenvalue weighted by Crippen LogP contribution is 2.33. The summed E-state index contributed by atoms with van der Waals surface area (Å²) in [5.74, 6) is 1.13. The average Bonchev–Trinajstić information content (AvgIpc) is 3.63. The molecule has 3 fully saturated rings. The Balaban J connectivity index is 1.23. The number of piperidine rings is 1. The van der Waals surface area contributed by atoms with Gasteiger partial charge in [0, 0.05) is 49.5 Å². The predicted octanol–water partition coefficient (Wildman–Crippen LogP) is 2.24. The van der Waals surface area contributed by atoms with E-state index in [9.17, 15) is 4.79 Å². The van der Waals surface area contributed by atoms with Crippen LogP contribution in [0.1, 0.15) is 61.0 Å². The average molecular weight is 475 g/mol. The van der Waals surface area contributed by atoms with Gasteiger partial charge >= 0.3 is 0 Å². The summed E-state index contributed by atoms with van der Waals surface area (Å²) in [6.07, 6.45) is 6.81. The number of aromatic nitrogens is 3. The number of aryl methyl sites for hydroxylation is 1. The van der Waals surface area contributed by atoms with Gasteiger partial charge in [0.1, 0.15) is 11.9 Å². The van der Waals surface area contributed by atoms with Crippen molar-refractivity contribution in [3.63, 3.8) is 0 Å². The fourth-order valence-electron chi connectivity index (χ4n) is 5.81. The quantitative estimate of drug-likeness (QED) is 0.533. The zero-order valence-electron chi connectivity index (χ0n) is 20.2. The van der Waals surface area contributed by atoms with Crippen molar-refractivity contribution in [3.05, 3.63) is 59.4 Å². The van der Waals surface area contributed by atoms with E-state index in [-0.39, 0.29) is 30.1 Å². The number of rotatable bonds is 4. The number of carbonyl (C=O) groups is 1. The molecule has 3 aliphatic heterocycles. The summed E-state index contributed by atoms with van der Waals surface area (Å²) in [4.78, 5) is 22.9. The third-order valence-electron chi connectivity index (χ3n) is 7.68. The van der Waals surface area contributed by atoms with Crippen LogP contribution in [0, 0.1) is 6.92 Å². The zero-order valence-corrected chi connectivity index (χ0v) is 20.2. The third-order valence-corrected chi connectivity index (χ3v) is 7.68. The molecule has 184 valence electrons. The van der Waals surface area contributed by atoms with Gasteiger partial charge in [-0.3, -0.25) is 4.79 Å². The van der Waals surface area contributed by atoms with Gasteiger partial charge < -0.3 is 15.5 Å². The molecule has 9 nitrogen and oxygen atoms in total. The van der Waals surface area contributed by atoms with E-state index >= 15 is 0 Å². The number of nitrogens with two attached hydrogens (primary N) is 1. The number of benzene rings is 1. The summed E-state index contributed by atoms with van der Waals surface area (Å²) in [5.41, 5.74) is 16.7. The van der Waals surface area contributed by atoms with Crippen molar-refractivity contribution in [2.75, 3.05) is 24.5 Å². The molecule has 3 saturated heterocycles. The Morgan fingerprint density at radius 2 is 1.97 bits per heavy atom. The number of anilines is 1. The largest absolute Gasteiger partial charge is 0.355 e. The molecule has 9 heteroatoms. The normalized spacial score (nSPS) is 27.1. The molecule has 1 aromatic carbocycles. The molecule has 3 aliphatic rings. The second-order valence-electron chi connectivity index (χ2n) is 10.2. The summed E-state index contributed by atoms with van der Waals surface area (Å²) >= 11 is 0. The molecule has 5 heterocycles. The standard InChI is InChI=1S/C26H34N8O/c1-17-15-34-24(28-25(17)32-12-10-19(27)16-32)14-21(31-34)23-9-5-6-11-33(23)26(35)22-13-20(29-30-22)18-7-3-2-4-8-18/h2-4,7-8,14-15,19-20,22-23,29-30H,5-6,9-13,16,27H2,1H3/t19-,20?,22?,23-/m0/s1. The Hall–Kier alpha value is -3.01. The van der Waals surface area contributed by atoms with E-state index in [4.69, 9.17) is 15.8 Å². The predicted molar refractivity (Wildman–Crippen MR) is 135 cm³/mol. The van der Waals surface area contributed by atoms with Crippen LogP contribution in [0.3, 0.4) is 0 Å². The van der Waals surface area contributed by atoms with Crippen LogP contribution < -0.4 is 21.5 Å². The van der Waals surface area contributed by atoms with E-state index in [0.717, 1.165) is 74.5 Å². The number of nitrogens with zero attached hydrogens (tertiary/aromatic N) is 5. The summed E-state index contributed by atoms with van der Waals surface area (Å²) in [7, 11) is 0. The van der Waals surface area contributed by atoms with Gasteiger partial charge in [0.2, 0.25) is 5.91 Å². The Kier molecular flexibility index (Phi) is 5.91. The molecular formula is C26H34N8O. The molecule has 0 bridgehead atoms. The minimum Gasteiger partial charge on any atom is -0.355 e. The fraction of sp³-hybridized carbons (Fsp3) is 0.500. The molecule has 4 atom stereocenters. The van der Waals surface area contributed by atoms with Crippen LogP contribution in [0.15, 0.2) is 42.6 Å². The summed E-state index contributed by atoms with van der Waals surface area (Å²) < 4.78 is 1.86. The Morgan fingerprint density at radius 1 is 1.11 bits per heavy atom. The number of hydrogen-bond acceptors (Lipinski definition) is 7. The highest BCUT2D eigenvalue weighted by atomic mass is 16.2. The minimum absolute atomic E-state index is 0.0282. The van der Waals surface area contributed by atoms with Gasteiger partial charge in [0.25, 0.3) is 0 Å². The summed E-state index contributed by atoms with van der Waals surface area (Å²) in [6, 6.07) is 12.4. The second kappa shape index (κ2) is 9.22. The molecule has 0 radical (unpaired) electrons. The molecule has 2 unspecified atom stereocenters. The molecule has 0 aliphatic carbocycles. The number of likely N-dealkylation sites (tertiary alicyclic amines) is 1. The second-order valence-corrected chi connectivity index (χ2v) is 10.2. The fourth-order valence-corrected chi connectivity index (χ4v) is 5.81. The van der Waals surface area contributed by atoms with Gasteiger partial charge in [-0.05, 0) is 44.6 Å². The number of carbonyl (C=O) groups excluding carboxylic acids is 1. The van der Waals surface area contributed by atoms with Crippen LogP contribution in [-0.2, 0) is 4.79 Å². The molecule has 2 aromatic heterocycles. The highest BCUT2D eigenvalue weighted by molar-refractivity contribution is 5.83. The van der Waals surface area contributed by atoms with Crippen molar-refractivity contribution in [2.24, 2.45) is 5.73 Å². The number of amides is 1. The van der Waals surface area contributed by atoms with Crippen LogP contribution in [-0.4, -0.2) is 57.1 Å². The molecule has 0 spiro atoms.